The van der Waals surface area contributed by atoms with Gasteiger partial charge in [0.1, 0.15) is 0 Å². The first-order valence-corrected chi connectivity index (χ1v) is 13.9. The minimum Gasteiger partial charge on any atom is -0.491 e. The summed E-state index contributed by atoms with van der Waals surface area (Å²) in [5.74, 6) is 0.910. The van der Waals surface area contributed by atoms with Gasteiger partial charge in [-0.05, 0) is 124 Å². The van der Waals surface area contributed by atoms with Crippen LogP contribution in [-0.4, -0.2) is 6.61 Å². The molecule has 0 saturated heterocycles. The fraction of sp³-hybridized carbons (Fsp3) is 0.562. The Bertz CT molecular complexity index is 948. The highest BCUT2D eigenvalue weighted by Gasteiger charge is 2.32. The van der Waals surface area contributed by atoms with Crippen LogP contribution in [0, 0.1) is 29.4 Å². The Morgan fingerprint density at radius 1 is 0.771 bits per heavy atom. The summed E-state index contributed by atoms with van der Waals surface area (Å²) >= 11 is 0. The second-order valence-corrected chi connectivity index (χ2v) is 10.6. The predicted octanol–water partition coefficient (Wildman–Crippen LogP) is 9.20. The van der Waals surface area contributed by atoms with Crippen molar-refractivity contribution in [3.63, 3.8) is 0 Å². The fourth-order valence-corrected chi connectivity index (χ4v) is 6.32. The lowest BCUT2D eigenvalue weighted by Gasteiger charge is -2.37. The SMILES string of the molecule is CCOc1ccc(C2CCC(C3CCC(C=CCCc4ccc(CC)cc4)CC3)CC2)c(F)c1F. The molecule has 35 heavy (non-hydrogen) atoms. The summed E-state index contributed by atoms with van der Waals surface area (Å²) in [5, 5.41) is 0. The predicted molar refractivity (Wildman–Crippen MR) is 141 cm³/mol. The third kappa shape index (κ3) is 6.74. The van der Waals surface area contributed by atoms with Gasteiger partial charge in [0.25, 0.3) is 0 Å². The number of ether oxygens (including phenoxy) is 1. The maximum absolute atomic E-state index is 14.7. The number of allylic oxidation sites excluding steroid dienone is 2. The molecule has 4 rings (SSSR count). The molecule has 190 valence electrons. The highest BCUT2D eigenvalue weighted by Crippen LogP contribution is 2.45. The molecule has 2 saturated carbocycles. The van der Waals surface area contributed by atoms with Gasteiger partial charge in [-0.3, -0.25) is 0 Å². The Morgan fingerprint density at radius 2 is 1.40 bits per heavy atom. The molecule has 2 aliphatic rings. The van der Waals surface area contributed by atoms with Crippen LogP contribution in [0.5, 0.6) is 5.75 Å². The van der Waals surface area contributed by atoms with E-state index in [0.717, 1.165) is 62.7 Å². The maximum atomic E-state index is 14.7. The molecule has 0 radical (unpaired) electrons. The first kappa shape index (κ1) is 25.9. The molecule has 2 aromatic rings. The minimum absolute atomic E-state index is 0.0267. The smallest absolute Gasteiger partial charge is 0.200 e. The summed E-state index contributed by atoms with van der Waals surface area (Å²) in [4.78, 5) is 0. The first-order valence-electron chi connectivity index (χ1n) is 13.9. The van der Waals surface area contributed by atoms with Gasteiger partial charge in [-0.25, -0.2) is 4.39 Å². The van der Waals surface area contributed by atoms with Gasteiger partial charge >= 0.3 is 0 Å². The van der Waals surface area contributed by atoms with Crippen molar-refractivity contribution in [3.8, 4) is 5.75 Å². The van der Waals surface area contributed by atoms with Crippen LogP contribution in [0.1, 0.15) is 94.2 Å². The molecule has 0 aliphatic heterocycles. The van der Waals surface area contributed by atoms with E-state index in [9.17, 15) is 8.78 Å². The molecule has 0 spiro atoms. The first-order chi connectivity index (χ1) is 17.1. The van der Waals surface area contributed by atoms with E-state index in [-0.39, 0.29) is 11.7 Å². The molecular weight excluding hydrogens is 438 g/mol. The molecule has 2 aliphatic carbocycles. The Kier molecular flexibility index (Phi) is 9.40. The summed E-state index contributed by atoms with van der Waals surface area (Å²) in [7, 11) is 0. The molecule has 1 nitrogen and oxygen atoms in total. The number of benzene rings is 2. The van der Waals surface area contributed by atoms with Crippen LogP contribution in [0.25, 0.3) is 0 Å². The van der Waals surface area contributed by atoms with E-state index >= 15 is 0 Å². The molecular formula is C32H42F2O. The summed E-state index contributed by atoms with van der Waals surface area (Å²) in [6.07, 6.45) is 17.6. The van der Waals surface area contributed by atoms with Crippen LogP contribution >= 0.6 is 0 Å². The van der Waals surface area contributed by atoms with Gasteiger partial charge in [-0.2, -0.15) is 4.39 Å². The average molecular weight is 481 g/mol. The van der Waals surface area contributed by atoms with Crippen molar-refractivity contribution >= 4 is 0 Å². The van der Waals surface area contributed by atoms with Crippen LogP contribution in [0.3, 0.4) is 0 Å². The molecule has 2 fully saturated rings. The standard InChI is InChI=1S/C32H42F2O/c1-3-23-9-11-24(12-10-23)7-5-6-8-25-13-15-26(16-14-25)27-17-19-28(20-18-27)29-21-22-30(35-4-2)32(34)31(29)33/h6,8-12,21-22,25-28H,3-5,7,13-20H2,1-2H3. The minimum atomic E-state index is -0.827. The van der Waals surface area contributed by atoms with E-state index in [1.54, 1.807) is 19.1 Å². The van der Waals surface area contributed by atoms with Gasteiger partial charge in [0.05, 0.1) is 6.61 Å². The second-order valence-electron chi connectivity index (χ2n) is 10.6. The number of aryl methyl sites for hydroxylation is 2. The molecule has 0 heterocycles. The quantitative estimate of drug-likeness (QED) is 0.325. The maximum Gasteiger partial charge on any atom is 0.200 e. The summed E-state index contributed by atoms with van der Waals surface area (Å²) in [5.41, 5.74) is 3.38. The van der Waals surface area contributed by atoms with E-state index in [0.29, 0.717) is 12.2 Å². The number of hydrogen-bond acceptors (Lipinski definition) is 1. The van der Waals surface area contributed by atoms with Gasteiger partial charge in [-0.1, -0.05) is 49.4 Å². The topological polar surface area (TPSA) is 9.23 Å². The van der Waals surface area contributed by atoms with Gasteiger partial charge in [-0.15, -0.1) is 0 Å². The van der Waals surface area contributed by atoms with E-state index in [4.69, 9.17) is 4.74 Å². The Hall–Kier alpha value is -2.16. The Morgan fingerprint density at radius 3 is 2.03 bits per heavy atom. The molecule has 0 amide bonds. The van der Waals surface area contributed by atoms with Gasteiger partial charge in [0.2, 0.25) is 5.82 Å². The zero-order valence-electron chi connectivity index (χ0n) is 21.6. The lowest BCUT2D eigenvalue weighted by Crippen LogP contribution is -2.25. The van der Waals surface area contributed by atoms with E-state index in [2.05, 4.69) is 43.3 Å². The summed E-state index contributed by atoms with van der Waals surface area (Å²) in [6, 6.07) is 12.4. The van der Waals surface area contributed by atoms with Crippen molar-refractivity contribution in [3.05, 3.63) is 76.9 Å². The normalized spacial score (nSPS) is 25.1. The van der Waals surface area contributed by atoms with Crippen LogP contribution in [0.2, 0.25) is 0 Å². The van der Waals surface area contributed by atoms with Crippen LogP contribution < -0.4 is 4.74 Å². The molecule has 3 heteroatoms. The zero-order chi connectivity index (χ0) is 24.6. The summed E-state index contributed by atoms with van der Waals surface area (Å²) < 4.78 is 34.2. The van der Waals surface area contributed by atoms with Gasteiger partial charge in [0, 0.05) is 0 Å². The van der Waals surface area contributed by atoms with E-state index in [1.807, 2.05) is 0 Å². The lowest BCUT2D eigenvalue weighted by molar-refractivity contribution is 0.170. The molecule has 2 aromatic carbocycles. The molecule has 0 unspecified atom stereocenters. The van der Waals surface area contributed by atoms with Crippen molar-refractivity contribution in [1.82, 2.24) is 0 Å². The number of hydrogen-bond donors (Lipinski definition) is 0. The number of rotatable bonds is 9. The molecule has 0 bridgehead atoms. The zero-order valence-corrected chi connectivity index (χ0v) is 21.6. The van der Waals surface area contributed by atoms with Gasteiger partial charge in [0.15, 0.2) is 11.6 Å². The van der Waals surface area contributed by atoms with E-state index < -0.39 is 11.6 Å². The third-order valence-corrected chi connectivity index (χ3v) is 8.51. The summed E-state index contributed by atoms with van der Waals surface area (Å²) in [6.45, 7) is 4.32. The largest absolute Gasteiger partial charge is 0.491 e. The third-order valence-electron chi connectivity index (χ3n) is 8.51. The van der Waals surface area contributed by atoms with Crippen LogP contribution in [0.4, 0.5) is 8.78 Å². The monoisotopic (exact) mass is 480 g/mol. The van der Waals surface area contributed by atoms with Crippen molar-refractivity contribution in [2.45, 2.75) is 90.4 Å². The molecule has 0 aromatic heterocycles. The second kappa shape index (κ2) is 12.7. The van der Waals surface area contributed by atoms with Crippen molar-refractivity contribution < 1.29 is 13.5 Å². The lowest BCUT2D eigenvalue weighted by atomic mass is 9.68. The van der Waals surface area contributed by atoms with Crippen LogP contribution in [0.15, 0.2) is 48.6 Å². The molecule has 0 atom stereocenters. The Labute approximate surface area is 211 Å². The van der Waals surface area contributed by atoms with Gasteiger partial charge < -0.3 is 4.74 Å². The highest BCUT2D eigenvalue weighted by molar-refractivity contribution is 5.33. The number of halogens is 2. The highest BCUT2D eigenvalue weighted by atomic mass is 19.2. The van der Waals surface area contributed by atoms with Crippen molar-refractivity contribution in [2.75, 3.05) is 6.61 Å². The average Bonchev–Trinajstić information content (AvgIpc) is 2.90. The van der Waals surface area contributed by atoms with Crippen LogP contribution in [-0.2, 0) is 12.8 Å². The fourth-order valence-electron chi connectivity index (χ4n) is 6.32. The Balaban J connectivity index is 1.19. The van der Waals surface area contributed by atoms with Crippen molar-refractivity contribution in [2.24, 2.45) is 17.8 Å². The van der Waals surface area contributed by atoms with Crippen molar-refractivity contribution in [1.29, 1.82) is 0 Å². The van der Waals surface area contributed by atoms with E-state index in [1.165, 1.54) is 36.8 Å². The molecule has 0 N–H and O–H groups in total.